The molecule has 2 N–H and O–H groups in total. The van der Waals surface area contributed by atoms with E-state index in [1.54, 1.807) is 6.07 Å². The SMILES string of the molecule is Cc1cc(N)cc(-n2cccc2C#N)c1. The predicted octanol–water partition coefficient (Wildman–Crippen LogP) is 2.24. The summed E-state index contributed by atoms with van der Waals surface area (Å²) in [5.74, 6) is 0. The highest BCUT2D eigenvalue weighted by Gasteiger charge is 2.03. The third kappa shape index (κ3) is 1.70. The Bertz CT molecular complexity index is 512. The molecule has 3 nitrogen and oxygen atoms in total. The van der Waals surface area contributed by atoms with Crippen LogP contribution >= 0.6 is 0 Å². The van der Waals surface area contributed by atoms with Gasteiger partial charge in [-0.25, -0.2) is 0 Å². The van der Waals surface area contributed by atoms with Gasteiger partial charge in [0.05, 0.1) is 0 Å². The van der Waals surface area contributed by atoms with Crippen LogP contribution in [0.2, 0.25) is 0 Å². The van der Waals surface area contributed by atoms with Crippen molar-refractivity contribution < 1.29 is 0 Å². The number of aromatic nitrogens is 1. The fourth-order valence-corrected chi connectivity index (χ4v) is 1.63. The van der Waals surface area contributed by atoms with Crippen LogP contribution < -0.4 is 5.73 Å². The lowest BCUT2D eigenvalue weighted by atomic mass is 10.2. The average molecular weight is 197 g/mol. The third-order valence-corrected chi connectivity index (χ3v) is 2.23. The molecule has 0 fully saturated rings. The van der Waals surface area contributed by atoms with Crippen LogP contribution in [0.1, 0.15) is 11.3 Å². The van der Waals surface area contributed by atoms with E-state index in [1.807, 2.05) is 42.0 Å². The summed E-state index contributed by atoms with van der Waals surface area (Å²) in [6, 6.07) is 11.5. The van der Waals surface area contributed by atoms with Gasteiger partial charge in [0, 0.05) is 17.6 Å². The van der Waals surface area contributed by atoms with E-state index in [0.717, 1.165) is 11.3 Å². The van der Waals surface area contributed by atoms with E-state index >= 15 is 0 Å². The molecule has 1 heterocycles. The van der Waals surface area contributed by atoms with E-state index in [4.69, 9.17) is 11.0 Å². The van der Waals surface area contributed by atoms with E-state index in [9.17, 15) is 0 Å². The highest BCUT2D eigenvalue weighted by Crippen LogP contribution is 2.17. The monoisotopic (exact) mass is 197 g/mol. The number of nitriles is 1. The summed E-state index contributed by atoms with van der Waals surface area (Å²) in [5, 5.41) is 8.91. The molecule has 0 spiro atoms. The minimum absolute atomic E-state index is 0.611. The van der Waals surface area contributed by atoms with Crippen molar-refractivity contribution in [2.75, 3.05) is 5.73 Å². The summed E-state index contributed by atoms with van der Waals surface area (Å²) in [5.41, 5.74) is 9.09. The molecule has 0 saturated heterocycles. The molecule has 1 aromatic heterocycles. The summed E-state index contributed by atoms with van der Waals surface area (Å²) in [6.45, 7) is 1.98. The first-order chi connectivity index (χ1) is 7.20. The maximum Gasteiger partial charge on any atom is 0.124 e. The molecule has 0 aliphatic heterocycles. The van der Waals surface area contributed by atoms with Crippen LogP contribution in [0.3, 0.4) is 0 Å². The van der Waals surface area contributed by atoms with Crippen LogP contribution in [0.5, 0.6) is 0 Å². The average Bonchev–Trinajstić information content (AvgIpc) is 2.63. The molecule has 1 aromatic carbocycles. The van der Waals surface area contributed by atoms with Crippen LogP contribution in [0.15, 0.2) is 36.5 Å². The quantitative estimate of drug-likeness (QED) is 0.713. The maximum absolute atomic E-state index is 8.91. The van der Waals surface area contributed by atoms with Gasteiger partial charge in [0.25, 0.3) is 0 Å². The summed E-state index contributed by atoms with van der Waals surface area (Å²) in [7, 11) is 0. The smallest absolute Gasteiger partial charge is 0.124 e. The lowest BCUT2D eigenvalue weighted by Gasteiger charge is -2.07. The van der Waals surface area contributed by atoms with E-state index in [0.29, 0.717) is 11.4 Å². The first kappa shape index (κ1) is 9.35. The van der Waals surface area contributed by atoms with Crippen LogP contribution in [0, 0.1) is 18.3 Å². The van der Waals surface area contributed by atoms with Crippen molar-refractivity contribution in [1.29, 1.82) is 5.26 Å². The number of aryl methyl sites for hydroxylation is 1. The van der Waals surface area contributed by atoms with E-state index in [2.05, 4.69) is 6.07 Å². The van der Waals surface area contributed by atoms with Crippen molar-refractivity contribution in [3.05, 3.63) is 47.8 Å². The van der Waals surface area contributed by atoms with Crippen molar-refractivity contribution in [1.82, 2.24) is 4.57 Å². The topological polar surface area (TPSA) is 54.7 Å². The summed E-state index contributed by atoms with van der Waals surface area (Å²) >= 11 is 0. The summed E-state index contributed by atoms with van der Waals surface area (Å²) in [4.78, 5) is 0. The molecule has 0 aliphatic carbocycles. The van der Waals surface area contributed by atoms with Gasteiger partial charge in [0.1, 0.15) is 11.8 Å². The molecule has 0 bridgehead atoms. The zero-order valence-corrected chi connectivity index (χ0v) is 8.44. The number of benzene rings is 1. The Morgan fingerprint density at radius 3 is 2.80 bits per heavy atom. The fraction of sp³-hybridized carbons (Fsp3) is 0.0833. The highest BCUT2D eigenvalue weighted by molar-refractivity contribution is 5.52. The molecule has 74 valence electrons. The Hall–Kier alpha value is -2.21. The lowest BCUT2D eigenvalue weighted by molar-refractivity contribution is 1.05. The fourth-order valence-electron chi connectivity index (χ4n) is 1.63. The van der Waals surface area contributed by atoms with Gasteiger partial charge in [-0.3, -0.25) is 0 Å². The van der Waals surface area contributed by atoms with Gasteiger partial charge < -0.3 is 10.3 Å². The van der Waals surface area contributed by atoms with E-state index < -0.39 is 0 Å². The number of anilines is 1. The van der Waals surface area contributed by atoms with Gasteiger partial charge in [-0.05, 0) is 42.8 Å². The minimum Gasteiger partial charge on any atom is -0.399 e. The van der Waals surface area contributed by atoms with Gasteiger partial charge in [-0.15, -0.1) is 0 Å². The molecular formula is C12H11N3. The number of hydrogen-bond donors (Lipinski definition) is 1. The number of nitrogens with two attached hydrogens (primary N) is 1. The molecule has 0 atom stereocenters. The third-order valence-electron chi connectivity index (χ3n) is 2.23. The van der Waals surface area contributed by atoms with Crippen LogP contribution in [-0.4, -0.2) is 4.57 Å². The number of hydrogen-bond acceptors (Lipinski definition) is 2. The first-order valence-corrected chi connectivity index (χ1v) is 4.66. The molecule has 2 rings (SSSR count). The highest BCUT2D eigenvalue weighted by atomic mass is 15.0. The van der Waals surface area contributed by atoms with Crippen molar-refractivity contribution in [3.8, 4) is 11.8 Å². The molecule has 0 aliphatic rings. The molecule has 3 heteroatoms. The number of nitrogens with zero attached hydrogens (tertiary/aromatic N) is 2. The molecule has 0 amide bonds. The normalized spacial score (nSPS) is 9.87. The molecule has 0 radical (unpaired) electrons. The second-order valence-corrected chi connectivity index (χ2v) is 3.48. The van der Waals surface area contributed by atoms with Crippen molar-refractivity contribution in [2.45, 2.75) is 6.92 Å². The van der Waals surface area contributed by atoms with Crippen molar-refractivity contribution in [3.63, 3.8) is 0 Å². The second-order valence-electron chi connectivity index (χ2n) is 3.48. The Labute approximate surface area is 88.4 Å². The zero-order valence-electron chi connectivity index (χ0n) is 8.44. The largest absolute Gasteiger partial charge is 0.399 e. The summed E-state index contributed by atoms with van der Waals surface area (Å²) < 4.78 is 1.82. The Morgan fingerprint density at radius 1 is 1.33 bits per heavy atom. The number of rotatable bonds is 1. The Balaban J connectivity index is 2.60. The van der Waals surface area contributed by atoms with Crippen LogP contribution in [-0.2, 0) is 0 Å². The van der Waals surface area contributed by atoms with Gasteiger partial charge in [-0.1, -0.05) is 0 Å². The molecule has 2 aromatic rings. The molecular weight excluding hydrogens is 186 g/mol. The zero-order chi connectivity index (χ0) is 10.8. The van der Waals surface area contributed by atoms with Crippen LogP contribution in [0.4, 0.5) is 5.69 Å². The van der Waals surface area contributed by atoms with Gasteiger partial charge in [0.2, 0.25) is 0 Å². The molecule has 15 heavy (non-hydrogen) atoms. The second kappa shape index (κ2) is 3.50. The minimum atomic E-state index is 0.611. The van der Waals surface area contributed by atoms with Gasteiger partial charge in [0.15, 0.2) is 0 Å². The van der Waals surface area contributed by atoms with Crippen molar-refractivity contribution >= 4 is 5.69 Å². The standard InChI is InChI=1S/C12H11N3/c1-9-5-10(14)7-12(6-9)15-4-2-3-11(15)8-13/h2-7H,14H2,1H3. The predicted molar refractivity (Wildman–Crippen MR) is 59.6 cm³/mol. The Kier molecular flexibility index (Phi) is 2.18. The van der Waals surface area contributed by atoms with Gasteiger partial charge >= 0.3 is 0 Å². The van der Waals surface area contributed by atoms with E-state index in [1.165, 1.54) is 0 Å². The van der Waals surface area contributed by atoms with Gasteiger partial charge in [-0.2, -0.15) is 5.26 Å². The van der Waals surface area contributed by atoms with Crippen LogP contribution in [0.25, 0.3) is 5.69 Å². The maximum atomic E-state index is 8.91. The Morgan fingerprint density at radius 2 is 2.13 bits per heavy atom. The first-order valence-electron chi connectivity index (χ1n) is 4.66. The summed E-state index contributed by atoms with van der Waals surface area (Å²) in [6.07, 6.45) is 1.85. The number of nitrogen functional groups attached to an aromatic ring is 1. The molecule has 0 unspecified atom stereocenters. The van der Waals surface area contributed by atoms with Crippen molar-refractivity contribution in [2.24, 2.45) is 0 Å². The van der Waals surface area contributed by atoms with E-state index in [-0.39, 0.29) is 0 Å². The molecule has 0 saturated carbocycles. The lowest BCUT2D eigenvalue weighted by Crippen LogP contribution is -1.97.